The standard InChI is InChI=1S/C25H18FN3O4S/c26-18-6-4-5-16(13-18)24-28-21-10-9-19(14-22(21)29-24)27-25(30)23-17(11-12-33-23)15-34(31,32)20-7-2-1-3-8-20/h1-14H,15H2,(H,27,30)(H,28,29). The lowest BCUT2D eigenvalue weighted by atomic mass is 10.2. The number of fused-ring (bicyclic) bond motifs is 1. The number of H-pyrrole nitrogens is 1. The maximum absolute atomic E-state index is 13.5. The highest BCUT2D eigenvalue weighted by atomic mass is 32.2. The first-order valence-electron chi connectivity index (χ1n) is 10.3. The number of rotatable bonds is 6. The van der Waals surface area contributed by atoms with Crippen LogP contribution in [0.4, 0.5) is 10.1 Å². The SMILES string of the molecule is O=C(Nc1ccc2nc(-c3cccc(F)c3)[nH]c2c1)c1occc1CS(=O)(=O)c1ccccc1. The van der Waals surface area contributed by atoms with Crippen molar-refractivity contribution in [3.63, 3.8) is 0 Å². The second-order valence-electron chi connectivity index (χ2n) is 7.63. The molecule has 0 unspecified atom stereocenters. The fraction of sp³-hybridized carbons (Fsp3) is 0.0400. The number of amides is 1. The molecule has 0 saturated carbocycles. The summed E-state index contributed by atoms with van der Waals surface area (Å²) in [6.45, 7) is 0. The molecule has 0 aliphatic carbocycles. The van der Waals surface area contributed by atoms with Crippen molar-refractivity contribution in [1.82, 2.24) is 9.97 Å². The number of furan rings is 1. The number of nitrogens with one attached hydrogen (secondary N) is 2. The lowest BCUT2D eigenvalue weighted by molar-refractivity contribution is 0.0996. The van der Waals surface area contributed by atoms with E-state index in [9.17, 15) is 17.6 Å². The number of anilines is 1. The molecule has 5 aromatic rings. The van der Waals surface area contributed by atoms with Crippen molar-refractivity contribution in [2.45, 2.75) is 10.6 Å². The molecule has 1 amide bonds. The van der Waals surface area contributed by atoms with Gasteiger partial charge in [0.15, 0.2) is 15.6 Å². The summed E-state index contributed by atoms with van der Waals surface area (Å²) < 4.78 is 44.3. The summed E-state index contributed by atoms with van der Waals surface area (Å²) in [7, 11) is -3.65. The van der Waals surface area contributed by atoms with Crippen LogP contribution in [0.1, 0.15) is 16.1 Å². The first-order valence-corrected chi connectivity index (χ1v) is 12.0. The zero-order valence-corrected chi connectivity index (χ0v) is 18.5. The predicted molar refractivity (Wildman–Crippen MR) is 125 cm³/mol. The minimum absolute atomic E-state index is 0.0790. The zero-order chi connectivity index (χ0) is 23.7. The number of benzene rings is 3. The van der Waals surface area contributed by atoms with E-state index in [0.717, 1.165) is 0 Å². The number of aromatic nitrogens is 2. The molecule has 34 heavy (non-hydrogen) atoms. The van der Waals surface area contributed by atoms with Gasteiger partial charge in [0, 0.05) is 16.8 Å². The second kappa shape index (κ2) is 8.60. The first kappa shape index (κ1) is 21.6. The van der Waals surface area contributed by atoms with Crippen molar-refractivity contribution in [1.29, 1.82) is 0 Å². The van der Waals surface area contributed by atoms with Crippen molar-refractivity contribution >= 4 is 32.5 Å². The average Bonchev–Trinajstić information content (AvgIpc) is 3.46. The molecule has 2 N–H and O–H groups in total. The maximum atomic E-state index is 13.5. The molecule has 0 bridgehead atoms. The number of carbonyl (C=O) groups is 1. The number of halogens is 1. The Hall–Kier alpha value is -4.24. The van der Waals surface area contributed by atoms with Gasteiger partial charge in [0.05, 0.1) is 27.9 Å². The molecule has 0 spiro atoms. The number of sulfone groups is 1. The molecule has 2 aromatic heterocycles. The van der Waals surface area contributed by atoms with Gasteiger partial charge in [-0.25, -0.2) is 17.8 Å². The average molecular weight is 476 g/mol. The number of nitrogens with zero attached hydrogens (tertiary/aromatic N) is 1. The Morgan fingerprint density at radius 1 is 1.00 bits per heavy atom. The fourth-order valence-electron chi connectivity index (χ4n) is 3.61. The lowest BCUT2D eigenvalue weighted by Gasteiger charge is -2.07. The molecule has 7 nitrogen and oxygen atoms in total. The Balaban J connectivity index is 1.37. The van der Waals surface area contributed by atoms with Crippen molar-refractivity contribution in [3.05, 3.63) is 102 Å². The van der Waals surface area contributed by atoms with Crippen molar-refractivity contribution in [2.75, 3.05) is 5.32 Å². The van der Waals surface area contributed by atoms with Crippen LogP contribution in [-0.4, -0.2) is 24.3 Å². The molecule has 0 atom stereocenters. The second-order valence-corrected chi connectivity index (χ2v) is 9.62. The molecule has 0 saturated heterocycles. The lowest BCUT2D eigenvalue weighted by Crippen LogP contribution is -2.14. The Labute approximate surface area is 194 Å². The Bertz CT molecular complexity index is 1610. The van der Waals surface area contributed by atoms with Gasteiger partial charge in [-0.2, -0.15) is 0 Å². The fourth-order valence-corrected chi connectivity index (χ4v) is 4.99. The summed E-state index contributed by atoms with van der Waals surface area (Å²) in [5.41, 5.74) is 2.60. The van der Waals surface area contributed by atoms with Crippen LogP contribution in [0.2, 0.25) is 0 Å². The van der Waals surface area contributed by atoms with Crippen molar-refractivity contribution in [3.8, 4) is 11.4 Å². The van der Waals surface area contributed by atoms with Gasteiger partial charge in [-0.1, -0.05) is 30.3 Å². The maximum Gasteiger partial charge on any atom is 0.291 e. The number of hydrogen-bond acceptors (Lipinski definition) is 5. The molecule has 0 aliphatic heterocycles. The highest BCUT2D eigenvalue weighted by Gasteiger charge is 2.22. The smallest absolute Gasteiger partial charge is 0.291 e. The van der Waals surface area contributed by atoms with Crippen LogP contribution in [0.15, 0.2) is 94.4 Å². The van der Waals surface area contributed by atoms with E-state index >= 15 is 0 Å². The molecular weight excluding hydrogens is 457 g/mol. The third-order valence-corrected chi connectivity index (χ3v) is 6.92. The van der Waals surface area contributed by atoms with E-state index in [-0.39, 0.29) is 27.8 Å². The van der Waals surface area contributed by atoms with Crippen molar-refractivity contribution in [2.24, 2.45) is 0 Å². The van der Waals surface area contributed by atoms with Gasteiger partial charge in [0.1, 0.15) is 11.6 Å². The molecule has 2 heterocycles. The molecule has 0 aliphatic rings. The number of aromatic amines is 1. The highest BCUT2D eigenvalue weighted by molar-refractivity contribution is 7.90. The summed E-state index contributed by atoms with van der Waals surface area (Å²) in [4.78, 5) is 20.6. The summed E-state index contributed by atoms with van der Waals surface area (Å²) in [5, 5.41) is 2.73. The minimum Gasteiger partial charge on any atom is -0.459 e. The van der Waals surface area contributed by atoms with Gasteiger partial charge < -0.3 is 14.7 Å². The quantitative estimate of drug-likeness (QED) is 0.352. The molecular formula is C25H18FN3O4S. The Morgan fingerprint density at radius 3 is 2.62 bits per heavy atom. The van der Waals surface area contributed by atoms with Crippen LogP contribution in [0.25, 0.3) is 22.4 Å². The van der Waals surface area contributed by atoms with E-state index in [0.29, 0.717) is 28.1 Å². The van der Waals surface area contributed by atoms with Crippen LogP contribution in [-0.2, 0) is 15.6 Å². The van der Waals surface area contributed by atoms with E-state index in [1.807, 2.05) is 0 Å². The van der Waals surface area contributed by atoms with Crippen LogP contribution in [0, 0.1) is 5.82 Å². The van der Waals surface area contributed by atoms with Gasteiger partial charge in [-0.05, 0) is 48.5 Å². The van der Waals surface area contributed by atoms with E-state index in [1.165, 1.54) is 36.6 Å². The first-order chi connectivity index (χ1) is 16.4. The molecule has 9 heteroatoms. The molecule has 5 rings (SSSR count). The van der Waals surface area contributed by atoms with Gasteiger partial charge in [0.2, 0.25) is 0 Å². The summed E-state index contributed by atoms with van der Waals surface area (Å²) in [6.07, 6.45) is 1.29. The zero-order valence-electron chi connectivity index (χ0n) is 17.7. The monoisotopic (exact) mass is 475 g/mol. The van der Waals surface area contributed by atoms with Gasteiger partial charge in [-0.3, -0.25) is 4.79 Å². The van der Waals surface area contributed by atoms with E-state index in [4.69, 9.17) is 4.42 Å². The van der Waals surface area contributed by atoms with Crippen molar-refractivity contribution < 1.29 is 22.0 Å². The third kappa shape index (κ3) is 4.33. The number of imidazole rings is 1. The molecule has 0 fully saturated rings. The van der Waals surface area contributed by atoms with Crippen LogP contribution >= 0.6 is 0 Å². The molecule has 0 radical (unpaired) electrons. The van der Waals surface area contributed by atoms with E-state index < -0.39 is 15.7 Å². The normalized spacial score (nSPS) is 11.6. The van der Waals surface area contributed by atoms with Crippen LogP contribution in [0.5, 0.6) is 0 Å². The highest BCUT2D eigenvalue weighted by Crippen LogP contribution is 2.25. The third-order valence-electron chi connectivity index (χ3n) is 5.24. The van der Waals surface area contributed by atoms with Gasteiger partial charge in [0.25, 0.3) is 5.91 Å². The summed E-state index contributed by atoms with van der Waals surface area (Å²) >= 11 is 0. The topological polar surface area (TPSA) is 105 Å². The summed E-state index contributed by atoms with van der Waals surface area (Å²) in [5.74, 6) is -0.892. The molecule has 170 valence electrons. The largest absolute Gasteiger partial charge is 0.459 e. The van der Waals surface area contributed by atoms with Gasteiger partial charge in [-0.15, -0.1) is 0 Å². The number of carbonyl (C=O) groups excluding carboxylic acids is 1. The van der Waals surface area contributed by atoms with Gasteiger partial charge >= 0.3 is 0 Å². The Kier molecular flexibility index (Phi) is 5.46. The molecule has 3 aromatic carbocycles. The van der Waals surface area contributed by atoms with E-state index in [2.05, 4.69) is 15.3 Å². The van der Waals surface area contributed by atoms with Crippen LogP contribution in [0.3, 0.4) is 0 Å². The predicted octanol–water partition coefficient (Wildman–Crippen LogP) is 5.19. The van der Waals surface area contributed by atoms with E-state index in [1.54, 1.807) is 48.5 Å². The van der Waals surface area contributed by atoms with Crippen LogP contribution < -0.4 is 5.32 Å². The Morgan fingerprint density at radius 2 is 1.82 bits per heavy atom. The number of hydrogen-bond donors (Lipinski definition) is 2. The minimum atomic E-state index is -3.65. The summed E-state index contributed by atoms with van der Waals surface area (Å²) in [6, 6.07) is 20.6.